The number of hydrogen-bond acceptors (Lipinski definition) is 4. The Kier molecular flexibility index (Phi) is 4.47. The molecule has 6 heteroatoms. The summed E-state index contributed by atoms with van der Waals surface area (Å²) in [6.07, 6.45) is 0.746. The predicted molar refractivity (Wildman–Crippen MR) is 38.9 cm³/mol. The van der Waals surface area contributed by atoms with Gasteiger partial charge < -0.3 is 0 Å². The molecule has 0 aliphatic carbocycles. The second-order valence-electron chi connectivity index (χ2n) is 1.51. The minimum atomic E-state index is -3.48. The van der Waals surface area contributed by atoms with Crippen LogP contribution in [0.1, 0.15) is 12.8 Å². The molecule has 4 nitrogen and oxygen atoms in total. The lowest BCUT2D eigenvalue weighted by atomic mass is 10.4. The molecule has 0 bridgehead atoms. The Morgan fingerprint density at radius 2 is 2.40 bits per heavy atom. The van der Waals surface area contributed by atoms with Gasteiger partial charge in [-0.25, -0.2) is 0 Å². The van der Waals surface area contributed by atoms with Crippen molar-refractivity contribution < 1.29 is 12.9 Å². The van der Waals surface area contributed by atoms with Gasteiger partial charge in [0.25, 0.3) is 9.05 Å². The van der Waals surface area contributed by atoms with Gasteiger partial charge in [0.15, 0.2) is 0 Å². The summed E-state index contributed by atoms with van der Waals surface area (Å²) in [7, 11) is -3.48. The predicted octanol–water partition coefficient (Wildman–Crippen LogP) is 0.441. The molecule has 1 unspecified atom stereocenters. The molecule has 0 saturated heterocycles. The average Bonchev–Trinajstić information content (AvgIpc) is 1.78. The lowest BCUT2D eigenvalue weighted by Crippen LogP contribution is -2.02. The minimum Gasteiger partial charge on any atom is -0.285 e. The van der Waals surface area contributed by atoms with E-state index in [2.05, 4.69) is 15.4 Å². The molecule has 1 atom stereocenters. The first-order valence-electron chi connectivity index (χ1n) is 2.55. The molecule has 0 saturated carbocycles. The van der Waals surface area contributed by atoms with Gasteiger partial charge in [-0.3, -0.25) is 8.74 Å². The van der Waals surface area contributed by atoms with Crippen LogP contribution in [0.3, 0.4) is 0 Å². The van der Waals surface area contributed by atoms with Gasteiger partial charge in [0.2, 0.25) is 0 Å². The third-order valence-corrected chi connectivity index (χ3v) is 1.42. The summed E-state index contributed by atoms with van der Waals surface area (Å²) in [6.45, 7) is 0.0619. The number of nitrogens with zero attached hydrogens (tertiary/aromatic N) is 1. The Bertz CT molecular complexity index is 215. The van der Waals surface area contributed by atoms with Crippen LogP contribution >= 0.6 is 0 Å². The van der Waals surface area contributed by atoms with Gasteiger partial charge in [0.1, 0.15) is 0 Å². The topological polar surface area (TPSA) is 70.3 Å². The van der Waals surface area contributed by atoms with E-state index in [4.69, 9.17) is 9.81 Å². The summed E-state index contributed by atoms with van der Waals surface area (Å²) >= 11 is 4.01. The van der Waals surface area contributed by atoms with Crippen LogP contribution < -0.4 is 0 Å². The fraction of sp³-hybridized carbons (Fsp3) is 0.750. The summed E-state index contributed by atoms with van der Waals surface area (Å²) in [5.74, 6) is 0. The summed E-state index contributed by atoms with van der Waals surface area (Å²) in [4.78, 5) is 0. The fourth-order valence-electron chi connectivity index (χ4n) is 0.315. The zero-order chi connectivity index (χ0) is 8.04. The van der Waals surface area contributed by atoms with Crippen LogP contribution in [-0.2, 0) is 24.4 Å². The van der Waals surface area contributed by atoms with Gasteiger partial charge in [0, 0.05) is 17.6 Å². The van der Waals surface area contributed by atoms with Gasteiger partial charge in [-0.05, 0) is 6.42 Å². The number of rotatable bonds is 4. The van der Waals surface area contributed by atoms with Crippen molar-refractivity contribution in [2.24, 2.45) is 0 Å². The smallest absolute Gasteiger partial charge is 0.266 e. The Balaban J connectivity index is 3.32. The van der Waals surface area contributed by atoms with Crippen molar-refractivity contribution in [2.45, 2.75) is 12.8 Å². The van der Waals surface area contributed by atoms with Gasteiger partial charge in [-0.15, -0.1) is 0 Å². The van der Waals surface area contributed by atoms with Crippen molar-refractivity contribution in [3.05, 3.63) is 0 Å². The van der Waals surface area contributed by atoms with Gasteiger partial charge in [-0.1, -0.05) is 0 Å². The highest BCUT2D eigenvalue weighted by Crippen LogP contribution is 1.92. The van der Waals surface area contributed by atoms with Crippen molar-refractivity contribution in [2.75, 3.05) is 6.61 Å². The standard InChI is InChI=1S/C4H7NO3S2/c5-3-1-2-4-8-10(6,7)9/h1-2,4H2,(H,6,7,9). The molecule has 0 aromatic rings. The van der Waals surface area contributed by atoms with Crippen LogP contribution in [0.25, 0.3) is 0 Å². The van der Waals surface area contributed by atoms with Crippen molar-refractivity contribution in [1.82, 2.24) is 0 Å². The molecule has 0 aliphatic heterocycles. The van der Waals surface area contributed by atoms with E-state index in [1.54, 1.807) is 0 Å². The van der Waals surface area contributed by atoms with Crippen LogP contribution in [0.5, 0.6) is 0 Å². The maximum atomic E-state index is 10.2. The highest BCUT2D eigenvalue weighted by Gasteiger charge is 1.97. The van der Waals surface area contributed by atoms with Crippen molar-refractivity contribution in [3.63, 3.8) is 0 Å². The molecule has 0 radical (unpaired) electrons. The first kappa shape index (κ1) is 9.78. The quantitative estimate of drug-likeness (QED) is 0.637. The molecule has 58 valence electrons. The molecule has 0 fully saturated rings. The molecule has 0 amide bonds. The van der Waals surface area contributed by atoms with E-state index >= 15 is 0 Å². The fourth-order valence-corrected chi connectivity index (χ4v) is 0.848. The maximum Gasteiger partial charge on any atom is 0.266 e. The van der Waals surface area contributed by atoms with Gasteiger partial charge in [0.05, 0.1) is 12.7 Å². The highest BCUT2D eigenvalue weighted by atomic mass is 32.9. The molecule has 0 heterocycles. The average molecular weight is 181 g/mol. The van der Waals surface area contributed by atoms with E-state index in [-0.39, 0.29) is 6.61 Å². The highest BCUT2D eigenvalue weighted by molar-refractivity contribution is 8.27. The van der Waals surface area contributed by atoms with E-state index in [0.717, 1.165) is 0 Å². The normalized spacial score (nSPS) is 15.6. The minimum absolute atomic E-state index is 0.0619. The molecular weight excluding hydrogens is 174 g/mol. The second kappa shape index (κ2) is 4.57. The van der Waals surface area contributed by atoms with E-state index in [1.165, 1.54) is 0 Å². The SMILES string of the molecule is N#CCCCOS(=O)(O)=S. The number of hydrogen-bond donors (Lipinski definition) is 1. The lowest BCUT2D eigenvalue weighted by Gasteiger charge is -1.97. The van der Waals surface area contributed by atoms with Crippen LogP contribution in [0, 0.1) is 11.3 Å². The monoisotopic (exact) mass is 181 g/mol. The van der Waals surface area contributed by atoms with E-state index in [0.29, 0.717) is 12.8 Å². The Labute approximate surface area is 64.5 Å². The third kappa shape index (κ3) is 7.78. The molecule has 0 spiro atoms. The van der Waals surface area contributed by atoms with Crippen molar-refractivity contribution in [3.8, 4) is 6.07 Å². The van der Waals surface area contributed by atoms with Crippen molar-refractivity contribution >= 4 is 20.2 Å². The van der Waals surface area contributed by atoms with E-state index in [9.17, 15) is 4.21 Å². The third-order valence-electron chi connectivity index (χ3n) is 0.665. The van der Waals surface area contributed by atoms with E-state index in [1.807, 2.05) is 6.07 Å². The second-order valence-corrected chi connectivity index (χ2v) is 3.87. The molecule has 0 aromatic heterocycles. The molecule has 0 rings (SSSR count). The zero-order valence-corrected chi connectivity index (χ0v) is 6.78. The van der Waals surface area contributed by atoms with Crippen LogP contribution in [0.2, 0.25) is 0 Å². The largest absolute Gasteiger partial charge is 0.285 e. The van der Waals surface area contributed by atoms with Gasteiger partial charge >= 0.3 is 0 Å². The number of nitriles is 1. The lowest BCUT2D eigenvalue weighted by molar-refractivity contribution is 0.301. The molecule has 0 aromatic carbocycles. The number of unbranched alkanes of at least 4 members (excludes halogenated alkanes) is 1. The zero-order valence-electron chi connectivity index (χ0n) is 5.15. The van der Waals surface area contributed by atoms with Crippen LogP contribution in [0.15, 0.2) is 0 Å². The maximum absolute atomic E-state index is 10.2. The first-order chi connectivity index (χ1) is 4.56. The summed E-state index contributed by atoms with van der Waals surface area (Å²) in [5, 5.41) is 8.03. The molecule has 1 N–H and O–H groups in total. The summed E-state index contributed by atoms with van der Waals surface area (Å²) in [6, 6.07) is 1.87. The molecule has 10 heavy (non-hydrogen) atoms. The van der Waals surface area contributed by atoms with Crippen LogP contribution in [0.4, 0.5) is 0 Å². The first-order valence-corrected chi connectivity index (χ1v) is 4.91. The summed E-state index contributed by atoms with van der Waals surface area (Å²) in [5.41, 5.74) is 0. The van der Waals surface area contributed by atoms with Gasteiger partial charge in [-0.2, -0.15) is 9.47 Å². The van der Waals surface area contributed by atoms with Crippen LogP contribution in [-0.4, -0.2) is 15.4 Å². The Morgan fingerprint density at radius 3 is 2.80 bits per heavy atom. The van der Waals surface area contributed by atoms with E-state index < -0.39 is 9.05 Å². The Hall–Kier alpha value is -0.220. The molecular formula is C4H7NO3S2. The molecule has 0 aliphatic rings. The Morgan fingerprint density at radius 1 is 1.80 bits per heavy atom. The van der Waals surface area contributed by atoms with Crippen molar-refractivity contribution in [1.29, 1.82) is 5.26 Å². The summed E-state index contributed by atoms with van der Waals surface area (Å²) < 4.78 is 22.8.